The first-order valence-corrected chi connectivity index (χ1v) is 8.06. The van der Waals surface area contributed by atoms with Gasteiger partial charge >= 0.3 is 5.97 Å². The van der Waals surface area contributed by atoms with Crippen molar-refractivity contribution in [3.63, 3.8) is 0 Å². The summed E-state index contributed by atoms with van der Waals surface area (Å²) in [7, 11) is 1.62. The number of aliphatic carboxylic acids is 1. The fraction of sp³-hybridized carbons (Fsp3) is 0.500. The van der Waals surface area contributed by atoms with Crippen LogP contribution >= 0.6 is 0 Å². The summed E-state index contributed by atoms with van der Waals surface area (Å²) in [6, 6.07) is 6.54. The first-order chi connectivity index (χ1) is 11.2. The maximum Gasteiger partial charge on any atom is 0.303 e. The van der Waals surface area contributed by atoms with Crippen LogP contribution < -0.4 is 5.32 Å². The SMILES string of the molecule is Cc1cccc(C(=O)NC(C(=O)N(C)CCCC(=O)O)C(C)C)c1. The van der Waals surface area contributed by atoms with Crippen molar-refractivity contribution in [1.82, 2.24) is 10.2 Å². The number of rotatable bonds is 8. The number of benzene rings is 1. The average molecular weight is 334 g/mol. The van der Waals surface area contributed by atoms with Gasteiger partial charge in [0.1, 0.15) is 6.04 Å². The molecular formula is C18H26N2O4. The van der Waals surface area contributed by atoms with Gasteiger partial charge in [-0.2, -0.15) is 0 Å². The van der Waals surface area contributed by atoms with Gasteiger partial charge in [-0.3, -0.25) is 14.4 Å². The Morgan fingerprint density at radius 3 is 2.46 bits per heavy atom. The van der Waals surface area contributed by atoms with Crippen molar-refractivity contribution in [3.8, 4) is 0 Å². The number of amides is 2. The van der Waals surface area contributed by atoms with Gasteiger partial charge in [0.05, 0.1) is 0 Å². The number of hydrogen-bond acceptors (Lipinski definition) is 3. The molecule has 1 aromatic carbocycles. The Hall–Kier alpha value is -2.37. The molecule has 0 heterocycles. The molecule has 1 atom stereocenters. The lowest BCUT2D eigenvalue weighted by molar-refractivity contribution is -0.138. The molecule has 24 heavy (non-hydrogen) atoms. The summed E-state index contributed by atoms with van der Waals surface area (Å²) < 4.78 is 0. The van der Waals surface area contributed by atoms with Gasteiger partial charge in [-0.25, -0.2) is 0 Å². The topological polar surface area (TPSA) is 86.7 Å². The molecule has 0 aliphatic carbocycles. The van der Waals surface area contributed by atoms with Crippen molar-refractivity contribution >= 4 is 17.8 Å². The quantitative estimate of drug-likeness (QED) is 0.762. The fourth-order valence-electron chi connectivity index (χ4n) is 2.34. The van der Waals surface area contributed by atoms with E-state index in [1.807, 2.05) is 26.8 Å². The molecule has 0 saturated heterocycles. The molecular weight excluding hydrogens is 308 g/mol. The maximum atomic E-state index is 12.6. The van der Waals surface area contributed by atoms with Crippen LogP contribution in [0.25, 0.3) is 0 Å². The Morgan fingerprint density at radius 2 is 1.92 bits per heavy atom. The fourth-order valence-corrected chi connectivity index (χ4v) is 2.34. The van der Waals surface area contributed by atoms with E-state index in [1.165, 1.54) is 4.90 Å². The second-order valence-electron chi connectivity index (χ2n) is 6.32. The molecule has 1 unspecified atom stereocenters. The molecule has 0 bridgehead atoms. The van der Waals surface area contributed by atoms with Crippen molar-refractivity contribution in [2.75, 3.05) is 13.6 Å². The standard InChI is InChI=1S/C18H26N2O4/c1-12(2)16(18(24)20(4)10-6-9-15(21)22)19-17(23)14-8-5-7-13(3)11-14/h5,7-8,11-12,16H,6,9-10H2,1-4H3,(H,19,23)(H,21,22). The van der Waals surface area contributed by atoms with Crippen LogP contribution in [-0.2, 0) is 9.59 Å². The highest BCUT2D eigenvalue weighted by molar-refractivity contribution is 5.97. The lowest BCUT2D eigenvalue weighted by Gasteiger charge is -2.27. The average Bonchev–Trinajstić information content (AvgIpc) is 2.50. The second-order valence-corrected chi connectivity index (χ2v) is 6.32. The van der Waals surface area contributed by atoms with Gasteiger partial charge in [0.2, 0.25) is 5.91 Å². The van der Waals surface area contributed by atoms with E-state index >= 15 is 0 Å². The number of nitrogens with one attached hydrogen (secondary N) is 1. The largest absolute Gasteiger partial charge is 0.481 e. The molecule has 1 aromatic rings. The minimum Gasteiger partial charge on any atom is -0.481 e. The third-order valence-electron chi connectivity index (χ3n) is 3.76. The molecule has 132 valence electrons. The second kappa shape index (κ2) is 9.05. The summed E-state index contributed by atoms with van der Waals surface area (Å²) in [5.41, 5.74) is 1.49. The predicted molar refractivity (Wildman–Crippen MR) is 91.8 cm³/mol. The number of hydrogen-bond donors (Lipinski definition) is 2. The number of carboxylic acid groups (broad SMARTS) is 1. The van der Waals surface area contributed by atoms with E-state index in [2.05, 4.69) is 5.32 Å². The van der Waals surface area contributed by atoms with E-state index in [1.54, 1.807) is 25.2 Å². The summed E-state index contributed by atoms with van der Waals surface area (Å²) in [4.78, 5) is 37.0. The van der Waals surface area contributed by atoms with Crippen LogP contribution in [0.5, 0.6) is 0 Å². The molecule has 2 amide bonds. The van der Waals surface area contributed by atoms with Crippen molar-refractivity contribution in [3.05, 3.63) is 35.4 Å². The Bertz CT molecular complexity index is 598. The summed E-state index contributed by atoms with van der Waals surface area (Å²) in [6.45, 7) is 5.97. The van der Waals surface area contributed by atoms with E-state index in [-0.39, 0.29) is 24.2 Å². The highest BCUT2D eigenvalue weighted by Crippen LogP contribution is 2.09. The third kappa shape index (κ3) is 6.02. The van der Waals surface area contributed by atoms with Gasteiger partial charge in [-0.05, 0) is 31.4 Å². The molecule has 6 heteroatoms. The summed E-state index contributed by atoms with van der Waals surface area (Å²) in [5.74, 6) is -1.46. The van der Waals surface area contributed by atoms with E-state index in [0.717, 1.165) is 5.56 Å². The van der Waals surface area contributed by atoms with Crippen molar-refractivity contribution < 1.29 is 19.5 Å². The van der Waals surface area contributed by atoms with Gasteiger partial charge in [-0.15, -0.1) is 0 Å². The van der Waals surface area contributed by atoms with Gasteiger partial charge in [0, 0.05) is 25.6 Å². The lowest BCUT2D eigenvalue weighted by Crippen LogP contribution is -2.50. The molecule has 0 spiro atoms. The Balaban J connectivity index is 2.73. The summed E-state index contributed by atoms with van der Waals surface area (Å²) in [6.07, 6.45) is 0.397. The molecule has 0 saturated carbocycles. The van der Waals surface area contributed by atoms with Gasteiger partial charge in [-0.1, -0.05) is 31.5 Å². The number of carbonyl (C=O) groups excluding carboxylic acids is 2. The molecule has 2 N–H and O–H groups in total. The maximum absolute atomic E-state index is 12.6. The van der Waals surface area contributed by atoms with E-state index in [4.69, 9.17) is 5.11 Å². The Morgan fingerprint density at radius 1 is 1.25 bits per heavy atom. The normalized spacial score (nSPS) is 11.9. The molecule has 0 aromatic heterocycles. The van der Waals surface area contributed by atoms with E-state index in [9.17, 15) is 14.4 Å². The zero-order valence-corrected chi connectivity index (χ0v) is 14.7. The molecule has 0 fully saturated rings. The minimum atomic E-state index is -0.885. The molecule has 0 radical (unpaired) electrons. The zero-order valence-electron chi connectivity index (χ0n) is 14.7. The Kier molecular flexibility index (Phi) is 7.42. The van der Waals surface area contributed by atoms with Crippen molar-refractivity contribution in [2.24, 2.45) is 5.92 Å². The predicted octanol–water partition coefficient (Wildman–Crippen LogP) is 2.07. The smallest absolute Gasteiger partial charge is 0.303 e. The Labute approximate surface area is 142 Å². The number of carboxylic acids is 1. The van der Waals surface area contributed by atoms with Crippen LogP contribution in [-0.4, -0.2) is 47.4 Å². The van der Waals surface area contributed by atoms with Gasteiger partial charge in [0.25, 0.3) is 5.91 Å². The third-order valence-corrected chi connectivity index (χ3v) is 3.76. The number of nitrogens with zero attached hydrogens (tertiary/aromatic N) is 1. The van der Waals surface area contributed by atoms with E-state index in [0.29, 0.717) is 18.5 Å². The summed E-state index contributed by atoms with van der Waals surface area (Å²) >= 11 is 0. The minimum absolute atomic E-state index is 0.0135. The zero-order chi connectivity index (χ0) is 18.3. The first kappa shape index (κ1) is 19.7. The highest BCUT2D eigenvalue weighted by Gasteiger charge is 2.27. The number of aryl methyl sites for hydroxylation is 1. The van der Waals surface area contributed by atoms with Crippen LogP contribution in [0, 0.1) is 12.8 Å². The summed E-state index contributed by atoms with van der Waals surface area (Å²) in [5, 5.41) is 11.5. The first-order valence-electron chi connectivity index (χ1n) is 8.06. The molecule has 1 rings (SSSR count). The molecule has 6 nitrogen and oxygen atoms in total. The van der Waals surface area contributed by atoms with Crippen LogP contribution in [0.4, 0.5) is 0 Å². The molecule has 0 aliphatic heterocycles. The van der Waals surface area contributed by atoms with Gasteiger partial charge < -0.3 is 15.3 Å². The highest BCUT2D eigenvalue weighted by atomic mass is 16.4. The van der Waals surface area contributed by atoms with Gasteiger partial charge in [0.15, 0.2) is 0 Å². The molecule has 0 aliphatic rings. The van der Waals surface area contributed by atoms with Crippen LogP contribution in [0.1, 0.15) is 42.6 Å². The number of carbonyl (C=O) groups is 3. The van der Waals surface area contributed by atoms with E-state index < -0.39 is 12.0 Å². The van der Waals surface area contributed by atoms with Crippen LogP contribution in [0.15, 0.2) is 24.3 Å². The number of likely N-dealkylation sites (N-methyl/N-ethyl adjacent to an activating group) is 1. The van der Waals surface area contributed by atoms with Crippen molar-refractivity contribution in [1.29, 1.82) is 0 Å². The van der Waals surface area contributed by atoms with Crippen LogP contribution in [0.2, 0.25) is 0 Å². The monoisotopic (exact) mass is 334 g/mol. The lowest BCUT2D eigenvalue weighted by atomic mass is 10.0. The van der Waals surface area contributed by atoms with Crippen LogP contribution in [0.3, 0.4) is 0 Å². The van der Waals surface area contributed by atoms with Crippen molar-refractivity contribution in [2.45, 2.75) is 39.7 Å².